The van der Waals surface area contributed by atoms with Crippen LogP contribution in [0.15, 0.2) is 24.3 Å². The Hall–Kier alpha value is -1.02. The predicted molar refractivity (Wildman–Crippen MR) is 81.3 cm³/mol. The number of hydrogen-bond acceptors (Lipinski definition) is 2. The van der Waals surface area contributed by atoms with Gasteiger partial charge in [0.2, 0.25) is 0 Å². The summed E-state index contributed by atoms with van der Waals surface area (Å²) in [4.78, 5) is 2.45. The lowest BCUT2D eigenvalue weighted by atomic mass is 10.0. The number of nitrogens with zero attached hydrogens (tertiary/aromatic N) is 1. The predicted octanol–water partition coefficient (Wildman–Crippen LogP) is 3.98. The molecule has 1 aromatic rings. The monoisotopic (exact) mass is 248 g/mol. The van der Waals surface area contributed by atoms with Crippen molar-refractivity contribution in [2.75, 3.05) is 25.0 Å². The lowest BCUT2D eigenvalue weighted by Crippen LogP contribution is -2.23. The van der Waals surface area contributed by atoms with Gasteiger partial charge in [0.05, 0.1) is 0 Å². The number of benzene rings is 1. The van der Waals surface area contributed by atoms with Crippen LogP contribution >= 0.6 is 0 Å². The quantitative estimate of drug-likeness (QED) is 0.748. The standard InChI is InChI=1S/C16H28N2/c1-5-8-13-18(7-3)15-11-9-14(10-12-15)16(6-2)17-4/h9-12,16-17H,5-8,13H2,1-4H3. The Labute approximate surface area is 112 Å². The summed E-state index contributed by atoms with van der Waals surface area (Å²) in [6.45, 7) is 8.94. The van der Waals surface area contributed by atoms with E-state index in [4.69, 9.17) is 0 Å². The van der Waals surface area contributed by atoms with Gasteiger partial charge >= 0.3 is 0 Å². The summed E-state index contributed by atoms with van der Waals surface area (Å²) >= 11 is 0. The van der Waals surface area contributed by atoms with Crippen molar-refractivity contribution in [1.29, 1.82) is 0 Å². The van der Waals surface area contributed by atoms with Crippen LogP contribution in [0.5, 0.6) is 0 Å². The molecule has 0 aliphatic carbocycles. The molecule has 0 saturated heterocycles. The minimum Gasteiger partial charge on any atom is -0.372 e. The van der Waals surface area contributed by atoms with Crippen LogP contribution in [0.1, 0.15) is 51.6 Å². The summed E-state index contributed by atoms with van der Waals surface area (Å²) in [7, 11) is 2.03. The largest absolute Gasteiger partial charge is 0.372 e. The van der Waals surface area contributed by atoms with Crippen LogP contribution in [0, 0.1) is 0 Å². The summed E-state index contributed by atoms with van der Waals surface area (Å²) in [5, 5.41) is 3.35. The van der Waals surface area contributed by atoms with Crippen LogP contribution < -0.4 is 10.2 Å². The van der Waals surface area contributed by atoms with Crippen molar-refractivity contribution in [3.63, 3.8) is 0 Å². The first-order valence-electron chi connectivity index (χ1n) is 7.28. The second-order valence-corrected chi connectivity index (χ2v) is 4.77. The molecule has 1 unspecified atom stereocenters. The van der Waals surface area contributed by atoms with Gasteiger partial charge in [-0.2, -0.15) is 0 Å². The van der Waals surface area contributed by atoms with Gasteiger partial charge in [0.15, 0.2) is 0 Å². The molecule has 0 aromatic heterocycles. The molecule has 1 rings (SSSR count). The molecule has 0 spiro atoms. The fourth-order valence-electron chi connectivity index (χ4n) is 2.34. The third-order valence-electron chi connectivity index (χ3n) is 3.58. The Morgan fingerprint density at radius 2 is 1.78 bits per heavy atom. The zero-order valence-electron chi connectivity index (χ0n) is 12.4. The first-order valence-corrected chi connectivity index (χ1v) is 7.28. The summed E-state index contributed by atoms with van der Waals surface area (Å²) in [6, 6.07) is 9.51. The van der Waals surface area contributed by atoms with Gasteiger partial charge in [-0.15, -0.1) is 0 Å². The van der Waals surface area contributed by atoms with Crippen LogP contribution in [-0.2, 0) is 0 Å². The van der Waals surface area contributed by atoms with Crippen molar-refractivity contribution in [1.82, 2.24) is 5.32 Å². The molecule has 1 atom stereocenters. The van der Waals surface area contributed by atoms with Gasteiger partial charge in [-0.05, 0) is 44.5 Å². The van der Waals surface area contributed by atoms with Gasteiger partial charge in [0.25, 0.3) is 0 Å². The highest BCUT2D eigenvalue weighted by molar-refractivity contribution is 5.47. The first kappa shape index (κ1) is 15.0. The van der Waals surface area contributed by atoms with Crippen LogP contribution in [0.25, 0.3) is 0 Å². The topological polar surface area (TPSA) is 15.3 Å². The molecule has 0 bridgehead atoms. The van der Waals surface area contributed by atoms with Crippen molar-refractivity contribution in [2.45, 2.75) is 46.1 Å². The highest BCUT2D eigenvalue weighted by Crippen LogP contribution is 2.21. The molecule has 1 aromatic carbocycles. The maximum atomic E-state index is 3.35. The fourth-order valence-corrected chi connectivity index (χ4v) is 2.34. The van der Waals surface area contributed by atoms with Crippen molar-refractivity contribution >= 4 is 5.69 Å². The SMILES string of the molecule is CCCCN(CC)c1ccc(C(CC)NC)cc1. The molecule has 102 valence electrons. The molecule has 0 radical (unpaired) electrons. The average Bonchev–Trinajstić information content (AvgIpc) is 2.42. The Bertz CT molecular complexity index is 314. The highest BCUT2D eigenvalue weighted by atomic mass is 15.1. The number of nitrogens with one attached hydrogen (secondary N) is 1. The Balaban J connectivity index is 2.73. The van der Waals surface area contributed by atoms with E-state index < -0.39 is 0 Å². The minimum atomic E-state index is 0.477. The highest BCUT2D eigenvalue weighted by Gasteiger charge is 2.08. The second kappa shape index (κ2) is 8.15. The molecule has 18 heavy (non-hydrogen) atoms. The van der Waals surface area contributed by atoms with Gasteiger partial charge < -0.3 is 10.2 Å². The van der Waals surface area contributed by atoms with Gasteiger partial charge in [-0.25, -0.2) is 0 Å². The molecule has 1 N–H and O–H groups in total. The molecular weight excluding hydrogens is 220 g/mol. The maximum Gasteiger partial charge on any atom is 0.0366 e. The lowest BCUT2D eigenvalue weighted by molar-refractivity contribution is 0.577. The van der Waals surface area contributed by atoms with E-state index in [1.54, 1.807) is 0 Å². The molecular formula is C16H28N2. The van der Waals surface area contributed by atoms with Crippen LogP contribution in [0.4, 0.5) is 5.69 Å². The first-order chi connectivity index (χ1) is 8.76. The van der Waals surface area contributed by atoms with Crippen molar-refractivity contribution in [2.24, 2.45) is 0 Å². The molecule has 0 fully saturated rings. The molecule has 0 saturated carbocycles. The van der Waals surface area contributed by atoms with E-state index in [0.717, 1.165) is 19.5 Å². The Kier molecular flexibility index (Phi) is 6.81. The Morgan fingerprint density at radius 1 is 1.11 bits per heavy atom. The molecule has 0 aliphatic rings. The third-order valence-corrected chi connectivity index (χ3v) is 3.58. The number of rotatable bonds is 8. The van der Waals surface area contributed by atoms with E-state index in [0.29, 0.717) is 6.04 Å². The zero-order valence-corrected chi connectivity index (χ0v) is 12.4. The van der Waals surface area contributed by atoms with Crippen LogP contribution in [-0.4, -0.2) is 20.1 Å². The van der Waals surface area contributed by atoms with E-state index >= 15 is 0 Å². The summed E-state index contributed by atoms with van der Waals surface area (Å²) in [5.41, 5.74) is 2.73. The van der Waals surface area contributed by atoms with Crippen LogP contribution in [0.2, 0.25) is 0 Å². The summed E-state index contributed by atoms with van der Waals surface area (Å²) in [6.07, 6.45) is 3.65. The third kappa shape index (κ3) is 4.02. The smallest absolute Gasteiger partial charge is 0.0366 e. The van der Waals surface area contributed by atoms with Gasteiger partial charge in [-0.1, -0.05) is 32.4 Å². The lowest BCUT2D eigenvalue weighted by Gasteiger charge is -2.24. The molecule has 0 heterocycles. The minimum absolute atomic E-state index is 0.477. The normalized spacial score (nSPS) is 12.4. The zero-order chi connectivity index (χ0) is 13.4. The van der Waals surface area contributed by atoms with Crippen molar-refractivity contribution in [3.05, 3.63) is 29.8 Å². The number of anilines is 1. The van der Waals surface area contributed by atoms with Crippen molar-refractivity contribution < 1.29 is 0 Å². The summed E-state index contributed by atoms with van der Waals surface area (Å²) < 4.78 is 0. The molecule has 0 amide bonds. The van der Waals surface area contributed by atoms with Gasteiger partial charge in [0, 0.05) is 24.8 Å². The number of unbranched alkanes of at least 4 members (excludes halogenated alkanes) is 1. The average molecular weight is 248 g/mol. The molecule has 2 nitrogen and oxygen atoms in total. The van der Waals surface area contributed by atoms with E-state index in [2.05, 4.69) is 55.3 Å². The Morgan fingerprint density at radius 3 is 2.22 bits per heavy atom. The van der Waals surface area contributed by atoms with E-state index in [-0.39, 0.29) is 0 Å². The fraction of sp³-hybridized carbons (Fsp3) is 0.625. The number of hydrogen-bond donors (Lipinski definition) is 1. The van der Waals surface area contributed by atoms with Gasteiger partial charge in [0.1, 0.15) is 0 Å². The van der Waals surface area contributed by atoms with Crippen molar-refractivity contribution in [3.8, 4) is 0 Å². The maximum absolute atomic E-state index is 3.35. The van der Waals surface area contributed by atoms with Crippen LogP contribution in [0.3, 0.4) is 0 Å². The molecule has 0 aliphatic heterocycles. The van der Waals surface area contributed by atoms with E-state index in [9.17, 15) is 0 Å². The van der Waals surface area contributed by atoms with E-state index in [1.807, 2.05) is 7.05 Å². The second-order valence-electron chi connectivity index (χ2n) is 4.77. The van der Waals surface area contributed by atoms with Gasteiger partial charge in [-0.3, -0.25) is 0 Å². The van der Waals surface area contributed by atoms with E-state index in [1.165, 1.54) is 24.1 Å². The molecule has 2 heteroatoms. The summed E-state index contributed by atoms with van der Waals surface area (Å²) in [5.74, 6) is 0.